The number of nitrogens with one attached hydrogen (secondary N) is 2. The van der Waals surface area contributed by atoms with Crippen molar-refractivity contribution in [3.05, 3.63) is 36.2 Å². The van der Waals surface area contributed by atoms with E-state index in [1.54, 1.807) is 12.4 Å². The number of hydrogen-bond acceptors (Lipinski definition) is 3. The van der Waals surface area contributed by atoms with E-state index in [9.17, 15) is 9.59 Å². The molecule has 3 aliphatic carbocycles. The van der Waals surface area contributed by atoms with Crippen LogP contribution in [-0.2, 0) is 9.59 Å². The van der Waals surface area contributed by atoms with Crippen LogP contribution in [0.1, 0.15) is 84.5 Å². The molecule has 1 unspecified atom stereocenters. The number of carbonyl (C=O) groups excluding carboxylic acids is 2. The van der Waals surface area contributed by atoms with E-state index in [2.05, 4.69) is 35.5 Å². The van der Waals surface area contributed by atoms with Gasteiger partial charge < -0.3 is 10.6 Å². The lowest BCUT2D eigenvalue weighted by Crippen LogP contribution is -2.59. The Morgan fingerprint density at radius 1 is 1.15 bits per heavy atom. The van der Waals surface area contributed by atoms with Crippen LogP contribution in [0.15, 0.2) is 36.2 Å². The predicted octanol–water partition coefficient (Wildman–Crippen LogP) is 5.64. The first-order valence-electron chi connectivity index (χ1n) is 13.1. The molecule has 3 fully saturated rings. The number of rotatable bonds is 6. The van der Waals surface area contributed by atoms with E-state index in [0.29, 0.717) is 17.8 Å². The molecule has 0 spiro atoms. The molecule has 0 aromatic carbocycles. The van der Waals surface area contributed by atoms with Crippen LogP contribution in [0.25, 0.3) is 0 Å². The summed E-state index contributed by atoms with van der Waals surface area (Å²) in [6, 6.07) is 3.94. The zero-order chi connectivity index (χ0) is 23.1. The highest BCUT2D eigenvalue weighted by molar-refractivity contribution is 5.95. The Labute approximate surface area is 198 Å². The summed E-state index contributed by atoms with van der Waals surface area (Å²) in [5, 5.41) is 6.29. The Morgan fingerprint density at radius 2 is 2.03 bits per heavy atom. The number of amides is 2. The average Bonchev–Trinajstić information content (AvgIpc) is 3.20. The van der Waals surface area contributed by atoms with E-state index in [4.69, 9.17) is 0 Å². The Hall–Kier alpha value is -2.17. The summed E-state index contributed by atoms with van der Waals surface area (Å²) >= 11 is 0. The van der Waals surface area contributed by atoms with Crippen LogP contribution < -0.4 is 10.6 Å². The van der Waals surface area contributed by atoms with Crippen LogP contribution in [0.5, 0.6) is 0 Å². The Bertz CT molecular complexity index is 928. The van der Waals surface area contributed by atoms with Crippen LogP contribution in [-0.4, -0.2) is 22.8 Å². The van der Waals surface area contributed by atoms with Crippen molar-refractivity contribution in [3.8, 4) is 0 Å². The third-order valence-corrected chi connectivity index (χ3v) is 9.68. The lowest BCUT2D eigenvalue weighted by atomic mass is 9.48. The van der Waals surface area contributed by atoms with Crippen LogP contribution in [0.4, 0.5) is 5.69 Å². The minimum absolute atomic E-state index is 0.00837. The number of anilines is 1. The number of carbonyl (C=O) groups is 2. The fraction of sp³-hybridized carbons (Fsp3) is 0.679. The van der Waals surface area contributed by atoms with Gasteiger partial charge in [-0.15, -0.1) is 0 Å². The summed E-state index contributed by atoms with van der Waals surface area (Å²) in [4.78, 5) is 29.1. The molecule has 0 saturated heterocycles. The first-order valence-corrected chi connectivity index (χ1v) is 13.1. The highest BCUT2D eigenvalue weighted by Crippen LogP contribution is 2.63. The summed E-state index contributed by atoms with van der Waals surface area (Å²) in [5.41, 5.74) is 2.31. The monoisotopic (exact) mass is 449 g/mol. The first kappa shape index (κ1) is 22.6. The molecule has 0 radical (unpaired) electrons. The van der Waals surface area contributed by atoms with Gasteiger partial charge in [-0.1, -0.05) is 26.3 Å². The third-order valence-electron chi connectivity index (χ3n) is 9.68. The summed E-state index contributed by atoms with van der Waals surface area (Å²) in [7, 11) is 0. The maximum absolute atomic E-state index is 12.9. The quantitative estimate of drug-likeness (QED) is 0.552. The third kappa shape index (κ3) is 4.24. The van der Waals surface area contributed by atoms with Gasteiger partial charge in [0.05, 0.1) is 11.9 Å². The second-order valence-corrected chi connectivity index (χ2v) is 11.6. The molecule has 0 bridgehead atoms. The van der Waals surface area contributed by atoms with Gasteiger partial charge >= 0.3 is 0 Å². The lowest BCUT2D eigenvalue weighted by Gasteiger charge is -2.58. The molecule has 4 aliphatic rings. The largest absolute Gasteiger partial charge is 0.349 e. The molecule has 178 valence electrons. The van der Waals surface area contributed by atoms with E-state index >= 15 is 0 Å². The lowest BCUT2D eigenvalue weighted by molar-refractivity contribution is -0.123. The first-order chi connectivity index (χ1) is 15.9. The van der Waals surface area contributed by atoms with Crippen molar-refractivity contribution in [2.24, 2.45) is 28.6 Å². The highest BCUT2D eigenvalue weighted by Gasteiger charge is 2.57. The van der Waals surface area contributed by atoms with Crippen molar-refractivity contribution in [2.75, 3.05) is 5.32 Å². The molecular formula is C28H39N3O2. The molecule has 1 aromatic heterocycles. The topological polar surface area (TPSA) is 71.1 Å². The van der Waals surface area contributed by atoms with E-state index in [1.807, 2.05) is 12.1 Å². The molecular weight excluding hydrogens is 410 g/mol. The Kier molecular flexibility index (Phi) is 6.09. The zero-order valence-corrected chi connectivity index (χ0v) is 20.2. The van der Waals surface area contributed by atoms with Crippen molar-refractivity contribution < 1.29 is 9.59 Å². The molecule has 5 heteroatoms. The van der Waals surface area contributed by atoms with E-state index < -0.39 is 0 Å². The second kappa shape index (κ2) is 8.88. The molecule has 5 nitrogen and oxygen atoms in total. The molecule has 2 amide bonds. The average molecular weight is 450 g/mol. The minimum Gasteiger partial charge on any atom is -0.349 e. The SMILES string of the molecule is C[C@@]12CCC[C@H]1[C@@H]1CCC3NC(=O)C(CCCCC(=O)Nc4cccnc4)=C[C@]3(C)[C@@H]1CC2. The molecule has 5 rings (SSSR count). The van der Waals surface area contributed by atoms with Gasteiger partial charge in [-0.05, 0) is 93.1 Å². The predicted molar refractivity (Wildman–Crippen MR) is 130 cm³/mol. The number of hydrogen-bond donors (Lipinski definition) is 2. The molecule has 2 N–H and O–H groups in total. The van der Waals surface area contributed by atoms with E-state index in [-0.39, 0.29) is 23.3 Å². The van der Waals surface area contributed by atoms with Gasteiger partial charge in [0.1, 0.15) is 0 Å². The summed E-state index contributed by atoms with van der Waals surface area (Å²) in [5.74, 6) is 2.51. The molecule has 33 heavy (non-hydrogen) atoms. The smallest absolute Gasteiger partial charge is 0.247 e. The highest BCUT2D eigenvalue weighted by atomic mass is 16.2. The summed E-state index contributed by atoms with van der Waals surface area (Å²) in [6.07, 6.45) is 17.9. The number of pyridine rings is 1. The van der Waals surface area contributed by atoms with Crippen molar-refractivity contribution in [3.63, 3.8) is 0 Å². The van der Waals surface area contributed by atoms with E-state index in [0.717, 1.165) is 48.8 Å². The summed E-state index contributed by atoms with van der Waals surface area (Å²) in [6.45, 7) is 4.97. The number of nitrogens with zero attached hydrogens (tertiary/aromatic N) is 1. The van der Waals surface area contributed by atoms with Crippen LogP contribution in [0, 0.1) is 28.6 Å². The van der Waals surface area contributed by atoms with Crippen molar-refractivity contribution in [1.29, 1.82) is 0 Å². The Morgan fingerprint density at radius 3 is 2.85 bits per heavy atom. The fourth-order valence-electron chi connectivity index (χ4n) is 7.96. The maximum atomic E-state index is 12.9. The van der Waals surface area contributed by atoms with E-state index in [1.165, 1.54) is 38.5 Å². The molecule has 1 aromatic rings. The number of fused-ring (bicyclic) bond motifs is 5. The van der Waals surface area contributed by atoms with Gasteiger partial charge in [-0.3, -0.25) is 14.6 Å². The minimum atomic E-state index is 0.00837. The number of aromatic nitrogens is 1. The van der Waals surface area contributed by atoms with Crippen LogP contribution >= 0.6 is 0 Å². The molecule has 6 atom stereocenters. The van der Waals surface area contributed by atoms with Gasteiger partial charge in [0, 0.05) is 29.6 Å². The van der Waals surface area contributed by atoms with Crippen molar-refractivity contribution in [2.45, 2.75) is 90.5 Å². The van der Waals surface area contributed by atoms with Crippen LogP contribution in [0.2, 0.25) is 0 Å². The molecule has 3 saturated carbocycles. The standard InChI is InChI=1S/C28H39N3O2/c1-27-14-5-9-22(27)21-11-12-24-28(2,23(21)13-15-27)17-19(26(33)31-24)7-3-4-10-25(32)30-20-8-6-16-29-18-20/h6,8,16-18,21-24H,3-5,7,9-15H2,1-2H3,(H,30,32)(H,31,33)/t21-,22-,23+,24?,27-,28+/m0/s1. The fourth-order valence-corrected chi connectivity index (χ4v) is 7.96. The van der Waals surface area contributed by atoms with Gasteiger partial charge in [-0.25, -0.2) is 0 Å². The van der Waals surface area contributed by atoms with Gasteiger partial charge in [0.15, 0.2) is 0 Å². The van der Waals surface area contributed by atoms with Gasteiger partial charge in [-0.2, -0.15) is 0 Å². The van der Waals surface area contributed by atoms with Crippen molar-refractivity contribution >= 4 is 17.5 Å². The maximum Gasteiger partial charge on any atom is 0.247 e. The van der Waals surface area contributed by atoms with Gasteiger partial charge in [0.25, 0.3) is 0 Å². The molecule has 1 aliphatic heterocycles. The molecule has 2 heterocycles. The number of unbranched alkanes of at least 4 members (excludes halogenated alkanes) is 1. The zero-order valence-electron chi connectivity index (χ0n) is 20.2. The normalized spacial score (nSPS) is 37.3. The summed E-state index contributed by atoms with van der Waals surface area (Å²) < 4.78 is 0. The second-order valence-electron chi connectivity index (χ2n) is 11.6. The van der Waals surface area contributed by atoms with Crippen LogP contribution in [0.3, 0.4) is 0 Å². The van der Waals surface area contributed by atoms with Gasteiger partial charge in [0.2, 0.25) is 11.8 Å². The van der Waals surface area contributed by atoms with Crippen molar-refractivity contribution in [1.82, 2.24) is 10.3 Å². The Balaban J connectivity index is 1.21.